The Morgan fingerprint density at radius 3 is 2.25 bits per heavy atom. The van der Waals surface area contributed by atoms with E-state index in [1.54, 1.807) is 7.11 Å². The van der Waals surface area contributed by atoms with E-state index in [2.05, 4.69) is 52.8 Å². The second-order valence-corrected chi connectivity index (χ2v) is 21.5. The molecule has 1 amide bonds. The molecule has 8 aliphatic carbocycles. The van der Waals surface area contributed by atoms with E-state index in [0.29, 0.717) is 73.3 Å². The fourth-order valence-electron chi connectivity index (χ4n) is 13.9. The molecule has 7 nitrogen and oxygen atoms in total. The topological polar surface area (TPSA) is 96.3 Å². The number of ether oxygens (including phenoxy) is 2. The van der Waals surface area contributed by atoms with Crippen molar-refractivity contribution in [2.45, 2.75) is 161 Å². The van der Waals surface area contributed by atoms with Crippen molar-refractivity contribution in [2.75, 3.05) is 20.2 Å². The molecule has 7 atom stereocenters. The molecule has 0 aromatic heterocycles. The molecule has 0 spiro atoms. The van der Waals surface area contributed by atoms with Crippen molar-refractivity contribution in [3.8, 4) is 5.75 Å². The minimum absolute atomic E-state index is 0.0620. The summed E-state index contributed by atoms with van der Waals surface area (Å²) < 4.78 is 12.1. The summed E-state index contributed by atoms with van der Waals surface area (Å²) in [5, 5.41) is 24.6. The van der Waals surface area contributed by atoms with Gasteiger partial charge in [-0.2, -0.15) is 0 Å². The van der Waals surface area contributed by atoms with Gasteiger partial charge < -0.3 is 24.6 Å². The summed E-state index contributed by atoms with van der Waals surface area (Å²) >= 11 is 0. The molecule has 7 heteroatoms. The molecular formula is C52H73NO6. The van der Waals surface area contributed by atoms with Gasteiger partial charge in [0.15, 0.2) is 5.78 Å². The molecule has 6 fully saturated rings. The predicted molar refractivity (Wildman–Crippen MR) is 234 cm³/mol. The van der Waals surface area contributed by atoms with E-state index >= 15 is 4.79 Å². The Morgan fingerprint density at radius 2 is 1.59 bits per heavy atom. The van der Waals surface area contributed by atoms with E-state index in [1.165, 1.54) is 50.5 Å². The molecule has 6 saturated carbocycles. The number of hydrogen-bond donors (Lipinski definition) is 2. The largest absolute Gasteiger partial charge is 0.497 e. The van der Waals surface area contributed by atoms with Crippen LogP contribution < -0.4 is 4.74 Å². The van der Waals surface area contributed by atoms with Gasteiger partial charge in [0.25, 0.3) is 0 Å². The van der Waals surface area contributed by atoms with Crippen LogP contribution in [0.25, 0.3) is 0 Å². The first-order chi connectivity index (χ1) is 28.2. The lowest BCUT2D eigenvalue weighted by atomic mass is 9.49. The van der Waals surface area contributed by atoms with Crippen LogP contribution in [-0.2, 0) is 11.2 Å². The molecular weight excluding hydrogens is 735 g/mol. The minimum atomic E-state index is -1.20. The van der Waals surface area contributed by atoms with Crippen molar-refractivity contribution in [1.29, 1.82) is 0 Å². The average Bonchev–Trinajstić information content (AvgIpc) is 3.44. The molecule has 0 aliphatic heterocycles. The molecule has 322 valence electrons. The molecule has 59 heavy (non-hydrogen) atoms. The van der Waals surface area contributed by atoms with Gasteiger partial charge in [-0.25, -0.2) is 4.79 Å². The molecule has 10 rings (SSSR count). The minimum Gasteiger partial charge on any atom is -0.497 e. The van der Waals surface area contributed by atoms with Crippen LogP contribution in [0.4, 0.5) is 4.79 Å². The van der Waals surface area contributed by atoms with E-state index in [1.807, 2.05) is 35.2 Å². The van der Waals surface area contributed by atoms with Crippen LogP contribution in [0.5, 0.6) is 5.75 Å². The molecule has 6 bridgehead atoms. The fraction of sp³-hybridized carbons (Fsp3) is 0.692. The number of hydrogen-bond acceptors (Lipinski definition) is 6. The Kier molecular flexibility index (Phi) is 12.2. The number of rotatable bonds is 9. The van der Waals surface area contributed by atoms with Gasteiger partial charge in [0.2, 0.25) is 0 Å². The van der Waals surface area contributed by atoms with E-state index in [-0.39, 0.29) is 35.9 Å². The molecule has 0 unspecified atom stereocenters. The maximum absolute atomic E-state index is 15.0. The number of amides is 1. The van der Waals surface area contributed by atoms with Gasteiger partial charge >= 0.3 is 6.09 Å². The summed E-state index contributed by atoms with van der Waals surface area (Å²) in [6.45, 7) is 12.1. The van der Waals surface area contributed by atoms with Gasteiger partial charge in [0.1, 0.15) is 11.9 Å². The van der Waals surface area contributed by atoms with E-state index < -0.39 is 17.1 Å². The number of benzene rings is 2. The summed E-state index contributed by atoms with van der Waals surface area (Å²) in [6.07, 6.45) is 16.8. The zero-order valence-corrected chi connectivity index (χ0v) is 37.0. The fourth-order valence-corrected chi connectivity index (χ4v) is 13.9. The number of ketones is 1. The predicted octanol–water partition coefficient (Wildman–Crippen LogP) is 11.1. The van der Waals surface area contributed by atoms with Gasteiger partial charge in [0, 0.05) is 23.1 Å². The number of fused-ring (bicyclic) bond motifs is 8. The van der Waals surface area contributed by atoms with Crippen LogP contribution in [0, 0.1) is 46.3 Å². The van der Waals surface area contributed by atoms with Crippen molar-refractivity contribution in [3.63, 3.8) is 0 Å². The average molecular weight is 808 g/mol. The van der Waals surface area contributed by atoms with Crippen molar-refractivity contribution < 1.29 is 29.3 Å². The molecule has 2 aromatic carbocycles. The second-order valence-electron chi connectivity index (χ2n) is 21.5. The Hall–Kier alpha value is -3.16. The van der Waals surface area contributed by atoms with Crippen LogP contribution in [0.3, 0.4) is 0 Å². The molecule has 2 N–H and O–H groups in total. The maximum atomic E-state index is 15.0. The van der Waals surface area contributed by atoms with Crippen LogP contribution >= 0.6 is 0 Å². The third kappa shape index (κ3) is 8.68. The van der Waals surface area contributed by atoms with Gasteiger partial charge in [0.05, 0.1) is 25.4 Å². The quantitative estimate of drug-likeness (QED) is 0.193. The van der Waals surface area contributed by atoms with Crippen molar-refractivity contribution in [1.82, 2.24) is 4.90 Å². The van der Waals surface area contributed by atoms with Gasteiger partial charge in [-0.15, -0.1) is 0 Å². The highest BCUT2D eigenvalue weighted by Crippen LogP contribution is 2.62. The first-order valence-electron chi connectivity index (χ1n) is 23.5. The number of aliphatic hydroxyl groups is 2. The molecule has 0 radical (unpaired) electrons. The summed E-state index contributed by atoms with van der Waals surface area (Å²) in [7, 11) is 1.63. The van der Waals surface area contributed by atoms with E-state index in [4.69, 9.17) is 9.47 Å². The zero-order chi connectivity index (χ0) is 41.7. The van der Waals surface area contributed by atoms with Crippen LogP contribution in [0.15, 0.2) is 54.1 Å². The molecule has 0 saturated heterocycles. The zero-order valence-electron chi connectivity index (χ0n) is 37.0. The van der Waals surface area contributed by atoms with Gasteiger partial charge in [-0.05, 0) is 192 Å². The van der Waals surface area contributed by atoms with E-state index in [0.717, 1.165) is 54.6 Å². The Bertz CT molecular complexity index is 1830. The number of methoxy groups -OCH3 is 1. The standard InChI is InChI=1S/C52H73NO6/c1-33(2)43-17-10-35(4)22-47(43)59-49(56)53(31-51-28-37-23-38(29-51)25-39(24-37)30-51)32-52(57)21-19-46-44-18-11-36(26-41(54)14-9-34(3)8-7-20-50(46,52)5)27-45(44)48(55)40-12-15-42(58-6)16-13-40/h8,11-13,15-16,18,27,33,35,37-39,41,43,46-47,54,57H,7,9-10,14,17,19-26,28-32H2,1-6H3/t35-,37?,38?,39?,41-,43+,46-,47-,50-,51?,52+/m0/s1. The van der Waals surface area contributed by atoms with E-state index in [9.17, 15) is 15.0 Å². The number of carbonyl (C=O) groups is 2. The van der Waals surface area contributed by atoms with Crippen molar-refractivity contribution in [2.24, 2.45) is 46.3 Å². The summed E-state index contributed by atoms with van der Waals surface area (Å²) in [5.41, 5.74) is 2.59. The number of nitrogens with zero attached hydrogens (tertiary/aromatic N) is 1. The lowest BCUT2D eigenvalue weighted by Crippen LogP contribution is -2.58. The highest BCUT2D eigenvalue weighted by molar-refractivity contribution is 6.10. The summed E-state index contributed by atoms with van der Waals surface area (Å²) in [4.78, 5) is 31.6. The highest BCUT2D eigenvalue weighted by Gasteiger charge is 2.59. The number of carbonyl (C=O) groups excluding carboxylic acids is 2. The lowest BCUT2D eigenvalue weighted by molar-refractivity contribution is -0.108. The van der Waals surface area contributed by atoms with Gasteiger partial charge in [-0.3, -0.25) is 4.79 Å². The van der Waals surface area contributed by atoms with Crippen LogP contribution in [-0.4, -0.2) is 65.0 Å². The third-order valence-electron chi connectivity index (χ3n) is 16.9. The molecule has 0 heterocycles. The number of allylic oxidation sites excluding steroid dienone is 2. The highest BCUT2D eigenvalue weighted by atomic mass is 16.6. The third-order valence-corrected chi connectivity index (χ3v) is 16.9. The second kappa shape index (κ2) is 17.0. The van der Waals surface area contributed by atoms with Crippen molar-refractivity contribution in [3.05, 3.63) is 76.4 Å². The lowest BCUT2D eigenvalue weighted by Gasteiger charge is -2.58. The molecule has 2 aromatic rings. The first kappa shape index (κ1) is 42.5. The summed E-state index contributed by atoms with van der Waals surface area (Å²) in [5.74, 6) is 4.05. The number of aliphatic hydroxyl groups excluding tert-OH is 1. The van der Waals surface area contributed by atoms with Crippen LogP contribution in [0.2, 0.25) is 0 Å². The summed E-state index contributed by atoms with van der Waals surface area (Å²) in [6, 6.07) is 13.5. The van der Waals surface area contributed by atoms with Crippen LogP contribution in [0.1, 0.15) is 164 Å². The SMILES string of the molecule is COc1ccc(C(=O)c2cc3ccc2[C@@H]2CC[C@@](O)(CN(CC45CC6CC(CC(C6)C4)C5)C(=O)O[C@H]4C[C@@H](C)CC[C@@H]4C(C)C)[C@@]2(C)CCC=C(C)CC[C@H](O)C3)cc1. The van der Waals surface area contributed by atoms with Gasteiger partial charge in [-0.1, -0.05) is 57.9 Å². The monoisotopic (exact) mass is 808 g/mol. The normalized spacial score (nSPS) is 36.8. The maximum Gasteiger partial charge on any atom is 0.410 e. The van der Waals surface area contributed by atoms with Crippen molar-refractivity contribution >= 4 is 11.9 Å². The Balaban J connectivity index is 1.17. The smallest absolute Gasteiger partial charge is 0.410 e. The Labute approximate surface area is 354 Å². The first-order valence-corrected chi connectivity index (χ1v) is 23.5. The molecule has 8 aliphatic rings. The Morgan fingerprint density at radius 1 is 0.898 bits per heavy atom.